The van der Waals surface area contributed by atoms with Crippen LogP contribution in [-0.4, -0.2) is 11.3 Å². The second kappa shape index (κ2) is 3.42. The Balaban J connectivity index is 3.40. The molecular weight excluding hydrogens is 187 g/mol. The Bertz CT molecular complexity index is 386. The predicted octanol–water partition coefficient (Wildman–Crippen LogP) is 1.26. The van der Waals surface area contributed by atoms with Gasteiger partial charge in [0.1, 0.15) is 5.56 Å². The molecule has 0 aliphatic rings. The average Bonchev–Trinajstić information content (AvgIpc) is 2.02. The van der Waals surface area contributed by atoms with Crippen molar-refractivity contribution in [3.63, 3.8) is 0 Å². The number of aromatic amines is 1. The fourth-order valence-corrected chi connectivity index (χ4v) is 0.824. The molecule has 0 radical (unpaired) electrons. The van der Waals surface area contributed by atoms with Crippen LogP contribution in [0.15, 0.2) is 10.9 Å². The predicted molar refractivity (Wildman–Crippen MR) is 37.4 cm³/mol. The molecule has 1 rings (SSSR count). The number of aromatic nitrogens is 1. The highest BCUT2D eigenvalue weighted by atomic mass is 19.3. The molecule has 0 saturated heterocycles. The van der Waals surface area contributed by atoms with E-state index in [4.69, 9.17) is 0 Å². The van der Waals surface area contributed by atoms with Crippen LogP contribution in [-0.2, 0) is 0 Å². The fourth-order valence-electron chi connectivity index (χ4n) is 0.824. The third-order valence-corrected chi connectivity index (χ3v) is 1.39. The summed E-state index contributed by atoms with van der Waals surface area (Å²) in [6.45, 7) is 0. The van der Waals surface area contributed by atoms with Crippen molar-refractivity contribution in [2.24, 2.45) is 0 Å². The molecule has 13 heavy (non-hydrogen) atoms. The molecule has 70 valence electrons. The Labute approximate surface area is 70.2 Å². The van der Waals surface area contributed by atoms with E-state index < -0.39 is 23.4 Å². The number of aldehydes is 1. The van der Waals surface area contributed by atoms with E-state index in [-0.39, 0.29) is 12.0 Å². The van der Waals surface area contributed by atoms with Gasteiger partial charge in [-0.2, -0.15) is 4.39 Å². The van der Waals surface area contributed by atoms with Crippen LogP contribution >= 0.6 is 0 Å². The molecule has 0 aromatic carbocycles. The number of nitrogens with one attached hydrogen (secondary N) is 1. The largest absolute Gasteiger partial charge is 0.329 e. The van der Waals surface area contributed by atoms with Crippen LogP contribution in [0.1, 0.15) is 22.5 Å². The first kappa shape index (κ1) is 9.50. The van der Waals surface area contributed by atoms with Crippen LogP contribution in [0, 0.1) is 5.95 Å². The Morgan fingerprint density at radius 1 is 1.46 bits per heavy atom. The lowest BCUT2D eigenvalue weighted by atomic mass is 10.2. The summed E-state index contributed by atoms with van der Waals surface area (Å²) >= 11 is 0. The van der Waals surface area contributed by atoms with Crippen molar-refractivity contribution in [3.05, 3.63) is 33.5 Å². The summed E-state index contributed by atoms with van der Waals surface area (Å²) in [4.78, 5) is 22.6. The first-order chi connectivity index (χ1) is 6.06. The topological polar surface area (TPSA) is 49.9 Å². The molecular formula is C7H4F3NO2. The van der Waals surface area contributed by atoms with Crippen LogP contribution in [0.5, 0.6) is 0 Å². The van der Waals surface area contributed by atoms with Gasteiger partial charge in [-0.1, -0.05) is 0 Å². The van der Waals surface area contributed by atoms with E-state index in [0.717, 1.165) is 0 Å². The Kier molecular flexibility index (Phi) is 2.50. The van der Waals surface area contributed by atoms with Gasteiger partial charge in [0.25, 0.3) is 6.43 Å². The van der Waals surface area contributed by atoms with Gasteiger partial charge in [0.15, 0.2) is 11.7 Å². The van der Waals surface area contributed by atoms with E-state index in [2.05, 4.69) is 0 Å². The van der Waals surface area contributed by atoms with Crippen molar-refractivity contribution in [3.8, 4) is 0 Å². The van der Waals surface area contributed by atoms with Crippen molar-refractivity contribution in [1.29, 1.82) is 0 Å². The third-order valence-electron chi connectivity index (χ3n) is 1.39. The Hall–Kier alpha value is -1.59. The molecule has 1 N–H and O–H groups in total. The minimum atomic E-state index is -3.19. The molecule has 0 spiro atoms. The zero-order chi connectivity index (χ0) is 10.0. The van der Waals surface area contributed by atoms with Gasteiger partial charge < -0.3 is 4.98 Å². The number of rotatable bonds is 2. The molecule has 3 nitrogen and oxygen atoms in total. The summed E-state index contributed by atoms with van der Waals surface area (Å²) in [6, 6.07) is 0.623. The fraction of sp³-hybridized carbons (Fsp3) is 0.143. The number of carbonyl (C=O) groups is 1. The van der Waals surface area contributed by atoms with E-state index in [9.17, 15) is 22.8 Å². The van der Waals surface area contributed by atoms with E-state index in [1.807, 2.05) is 0 Å². The summed E-state index contributed by atoms with van der Waals surface area (Å²) in [5, 5.41) is 0. The molecule has 0 aliphatic heterocycles. The highest BCUT2D eigenvalue weighted by Crippen LogP contribution is 2.16. The highest BCUT2D eigenvalue weighted by Gasteiger charge is 2.18. The summed E-state index contributed by atoms with van der Waals surface area (Å²) < 4.78 is 36.6. The zero-order valence-corrected chi connectivity index (χ0v) is 6.18. The number of H-pyrrole nitrogens is 1. The van der Waals surface area contributed by atoms with Gasteiger partial charge >= 0.3 is 0 Å². The molecule has 0 aliphatic carbocycles. The Morgan fingerprint density at radius 3 is 2.46 bits per heavy atom. The summed E-state index contributed by atoms with van der Waals surface area (Å²) in [5.74, 6) is -1.47. The van der Waals surface area contributed by atoms with Gasteiger partial charge in [-0.15, -0.1) is 0 Å². The van der Waals surface area contributed by atoms with Crippen LogP contribution in [0.25, 0.3) is 0 Å². The van der Waals surface area contributed by atoms with E-state index in [0.29, 0.717) is 6.07 Å². The number of hydrogen-bond donors (Lipinski definition) is 1. The normalized spacial score (nSPS) is 10.5. The molecule has 0 atom stereocenters. The second-order valence-corrected chi connectivity index (χ2v) is 2.24. The van der Waals surface area contributed by atoms with Crippen LogP contribution < -0.4 is 5.43 Å². The first-order valence-corrected chi connectivity index (χ1v) is 3.22. The lowest BCUT2D eigenvalue weighted by Gasteiger charge is -2.00. The number of carbonyl (C=O) groups excluding carboxylic acids is 1. The van der Waals surface area contributed by atoms with Gasteiger partial charge in [0.2, 0.25) is 5.95 Å². The van der Waals surface area contributed by atoms with Crippen molar-refractivity contribution in [2.75, 3.05) is 0 Å². The molecule has 1 aromatic rings. The van der Waals surface area contributed by atoms with Crippen LogP contribution in [0.3, 0.4) is 0 Å². The average molecular weight is 191 g/mol. The van der Waals surface area contributed by atoms with E-state index in [1.54, 1.807) is 4.98 Å². The number of alkyl halides is 2. The maximum atomic E-state index is 12.7. The zero-order valence-electron chi connectivity index (χ0n) is 6.18. The lowest BCUT2D eigenvalue weighted by molar-refractivity contribution is 0.111. The molecule has 0 amide bonds. The summed E-state index contributed by atoms with van der Waals surface area (Å²) in [7, 11) is 0. The molecule has 0 saturated carbocycles. The minimum Gasteiger partial charge on any atom is -0.329 e. The van der Waals surface area contributed by atoms with Crippen molar-refractivity contribution in [2.45, 2.75) is 6.43 Å². The van der Waals surface area contributed by atoms with E-state index >= 15 is 0 Å². The van der Waals surface area contributed by atoms with Gasteiger partial charge in [0.05, 0.1) is 5.69 Å². The molecule has 0 bridgehead atoms. The van der Waals surface area contributed by atoms with Gasteiger partial charge in [-0.05, 0) is 0 Å². The van der Waals surface area contributed by atoms with Crippen LogP contribution in [0.4, 0.5) is 13.2 Å². The smallest absolute Gasteiger partial charge is 0.271 e. The summed E-state index contributed by atoms with van der Waals surface area (Å²) in [5.41, 5.74) is -2.80. The quantitative estimate of drug-likeness (QED) is 0.565. The lowest BCUT2D eigenvalue weighted by Crippen LogP contribution is -2.14. The molecule has 0 unspecified atom stereocenters. The summed E-state index contributed by atoms with van der Waals surface area (Å²) in [6.07, 6.45) is -3.02. The van der Waals surface area contributed by atoms with Crippen molar-refractivity contribution in [1.82, 2.24) is 4.98 Å². The minimum absolute atomic E-state index is 0.166. The first-order valence-electron chi connectivity index (χ1n) is 3.22. The highest BCUT2D eigenvalue weighted by molar-refractivity contribution is 5.71. The molecule has 1 heterocycles. The maximum Gasteiger partial charge on any atom is 0.271 e. The number of halogens is 3. The van der Waals surface area contributed by atoms with Crippen molar-refractivity contribution >= 4 is 6.29 Å². The van der Waals surface area contributed by atoms with Gasteiger partial charge in [-0.25, -0.2) is 8.78 Å². The van der Waals surface area contributed by atoms with Crippen molar-refractivity contribution < 1.29 is 18.0 Å². The number of hydrogen-bond acceptors (Lipinski definition) is 2. The SMILES string of the molecule is O=Cc1cc(=O)c(C(F)F)c(F)[nH]1. The molecule has 6 heteroatoms. The monoisotopic (exact) mass is 191 g/mol. The second-order valence-electron chi connectivity index (χ2n) is 2.24. The molecule has 0 fully saturated rings. The third kappa shape index (κ3) is 1.77. The standard InChI is InChI=1S/C7H4F3NO2/c8-6(9)5-4(13)1-3(2-12)11-7(5)10/h1-2,6H,(H,11,13). The van der Waals surface area contributed by atoms with Crippen LogP contribution in [0.2, 0.25) is 0 Å². The van der Waals surface area contributed by atoms with Gasteiger partial charge in [0, 0.05) is 6.07 Å². The van der Waals surface area contributed by atoms with Gasteiger partial charge in [-0.3, -0.25) is 9.59 Å². The number of pyridine rings is 1. The Morgan fingerprint density at radius 2 is 2.08 bits per heavy atom. The van der Waals surface area contributed by atoms with E-state index in [1.165, 1.54) is 0 Å². The maximum absolute atomic E-state index is 12.7. The molecule has 1 aromatic heterocycles.